The van der Waals surface area contributed by atoms with Gasteiger partial charge in [-0.2, -0.15) is 0 Å². The maximum Gasteiger partial charge on any atom is 0.319 e. The van der Waals surface area contributed by atoms with Crippen LogP contribution < -0.4 is 15.4 Å². The van der Waals surface area contributed by atoms with Crippen LogP contribution in [0.15, 0.2) is 24.3 Å². The third-order valence-corrected chi connectivity index (χ3v) is 3.60. The normalized spacial score (nSPS) is 15.7. The van der Waals surface area contributed by atoms with Gasteiger partial charge in [-0.25, -0.2) is 4.79 Å². The van der Waals surface area contributed by atoms with Crippen molar-refractivity contribution >= 4 is 17.7 Å². The molecule has 0 heterocycles. The lowest BCUT2D eigenvalue weighted by Crippen LogP contribution is -2.55. The minimum Gasteiger partial charge on any atom is -0.494 e. The number of anilines is 1. The second kappa shape index (κ2) is 6.47. The SMILES string of the molecule is CCOc1ccc(NC(=O)NC2(CC(=O)O)CCC2)cc1. The summed E-state index contributed by atoms with van der Waals surface area (Å²) in [6, 6.07) is 6.66. The molecule has 0 atom stereocenters. The number of carbonyl (C=O) groups is 2. The van der Waals surface area contributed by atoms with Crippen molar-refractivity contribution in [1.82, 2.24) is 5.32 Å². The van der Waals surface area contributed by atoms with Gasteiger partial charge in [0.25, 0.3) is 0 Å². The maximum absolute atomic E-state index is 12.0. The highest BCUT2D eigenvalue weighted by atomic mass is 16.5. The van der Waals surface area contributed by atoms with E-state index in [9.17, 15) is 9.59 Å². The van der Waals surface area contributed by atoms with E-state index in [1.807, 2.05) is 6.92 Å². The molecule has 1 saturated carbocycles. The fourth-order valence-corrected chi connectivity index (χ4v) is 2.44. The van der Waals surface area contributed by atoms with E-state index in [1.165, 1.54) is 0 Å². The first-order valence-corrected chi connectivity index (χ1v) is 7.07. The van der Waals surface area contributed by atoms with Gasteiger partial charge >= 0.3 is 12.0 Å². The van der Waals surface area contributed by atoms with Gasteiger partial charge < -0.3 is 20.5 Å². The molecule has 0 saturated heterocycles. The van der Waals surface area contributed by atoms with E-state index in [4.69, 9.17) is 9.84 Å². The van der Waals surface area contributed by atoms with E-state index in [0.717, 1.165) is 12.2 Å². The number of carboxylic acid groups (broad SMARTS) is 1. The number of carbonyl (C=O) groups excluding carboxylic acids is 1. The molecule has 2 rings (SSSR count). The lowest BCUT2D eigenvalue weighted by molar-refractivity contribution is -0.139. The van der Waals surface area contributed by atoms with Crippen molar-refractivity contribution in [2.75, 3.05) is 11.9 Å². The van der Waals surface area contributed by atoms with Crippen molar-refractivity contribution in [3.05, 3.63) is 24.3 Å². The van der Waals surface area contributed by atoms with E-state index in [1.54, 1.807) is 24.3 Å². The predicted molar refractivity (Wildman–Crippen MR) is 78.6 cm³/mol. The summed E-state index contributed by atoms with van der Waals surface area (Å²) in [5.74, 6) is -0.152. The Balaban J connectivity index is 1.90. The van der Waals surface area contributed by atoms with Crippen LogP contribution in [0.5, 0.6) is 5.75 Å². The Bertz CT molecular complexity index is 509. The fraction of sp³-hybridized carbons (Fsp3) is 0.467. The molecule has 114 valence electrons. The van der Waals surface area contributed by atoms with E-state index in [2.05, 4.69) is 10.6 Å². The molecular weight excluding hydrogens is 272 g/mol. The summed E-state index contributed by atoms with van der Waals surface area (Å²) >= 11 is 0. The van der Waals surface area contributed by atoms with Crippen molar-refractivity contribution < 1.29 is 19.4 Å². The maximum atomic E-state index is 12.0. The molecule has 6 heteroatoms. The third-order valence-electron chi connectivity index (χ3n) is 3.60. The molecule has 0 unspecified atom stereocenters. The zero-order chi connectivity index (χ0) is 15.3. The van der Waals surface area contributed by atoms with Crippen molar-refractivity contribution in [3.63, 3.8) is 0 Å². The highest BCUT2D eigenvalue weighted by Gasteiger charge is 2.40. The number of aliphatic carboxylic acids is 1. The van der Waals surface area contributed by atoms with Crippen LogP contribution in [-0.2, 0) is 4.79 Å². The van der Waals surface area contributed by atoms with Crippen molar-refractivity contribution in [2.45, 2.75) is 38.1 Å². The number of hydrogen-bond donors (Lipinski definition) is 3. The molecule has 2 amide bonds. The average molecular weight is 292 g/mol. The molecule has 6 nitrogen and oxygen atoms in total. The topological polar surface area (TPSA) is 87.7 Å². The lowest BCUT2D eigenvalue weighted by Gasteiger charge is -2.41. The predicted octanol–water partition coefficient (Wildman–Crippen LogP) is 2.60. The number of urea groups is 1. The Labute approximate surface area is 123 Å². The third kappa shape index (κ3) is 4.11. The molecule has 0 bridgehead atoms. The number of carboxylic acids is 1. The molecule has 0 aromatic heterocycles. The Morgan fingerprint density at radius 1 is 1.29 bits per heavy atom. The van der Waals surface area contributed by atoms with Crippen LogP contribution in [0.2, 0.25) is 0 Å². The summed E-state index contributed by atoms with van der Waals surface area (Å²) < 4.78 is 5.32. The highest BCUT2D eigenvalue weighted by molar-refractivity contribution is 5.90. The number of rotatable bonds is 6. The number of ether oxygens (including phenoxy) is 1. The molecule has 1 aliphatic rings. The smallest absolute Gasteiger partial charge is 0.319 e. The van der Waals surface area contributed by atoms with Crippen LogP contribution >= 0.6 is 0 Å². The van der Waals surface area contributed by atoms with Crippen molar-refractivity contribution in [2.24, 2.45) is 0 Å². The van der Waals surface area contributed by atoms with E-state index in [0.29, 0.717) is 25.1 Å². The Morgan fingerprint density at radius 2 is 1.95 bits per heavy atom. The van der Waals surface area contributed by atoms with Gasteiger partial charge in [0.1, 0.15) is 5.75 Å². The molecule has 1 aliphatic carbocycles. The minimum atomic E-state index is -0.893. The molecule has 1 aromatic rings. The van der Waals surface area contributed by atoms with Crippen molar-refractivity contribution in [3.8, 4) is 5.75 Å². The van der Waals surface area contributed by atoms with Crippen LogP contribution in [0.3, 0.4) is 0 Å². The second-order valence-electron chi connectivity index (χ2n) is 5.24. The van der Waals surface area contributed by atoms with Gasteiger partial charge in [0, 0.05) is 5.69 Å². The minimum absolute atomic E-state index is 0.0380. The van der Waals surface area contributed by atoms with Crippen LogP contribution in [-0.4, -0.2) is 29.3 Å². The monoisotopic (exact) mass is 292 g/mol. The van der Waals surface area contributed by atoms with Gasteiger partial charge in [0.15, 0.2) is 0 Å². The summed E-state index contributed by atoms with van der Waals surface area (Å²) in [5, 5.41) is 14.4. The molecule has 3 N–H and O–H groups in total. The summed E-state index contributed by atoms with van der Waals surface area (Å²) in [4.78, 5) is 22.8. The first-order valence-electron chi connectivity index (χ1n) is 7.07. The van der Waals surface area contributed by atoms with Crippen LogP contribution in [0.4, 0.5) is 10.5 Å². The van der Waals surface area contributed by atoms with E-state index >= 15 is 0 Å². The fourth-order valence-electron chi connectivity index (χ4n) is 2.44. The standard InChI is InChI=1S/C15H20N2O4/c1-2-21-12-6-4-11(5-7-12)16-14(20)17-15(8-3-9-15)10-13(18)19/h4-7H,2-3,8-10H2,1H3,(H,18,19)(H2,16,17,20). The van der Waals surface area contributed by atoms with Gasteiger partial charge in [-0.15, -0.1) is 0 Å². The first kappa shape index (κ1) is 15.2. The zero-order valence-electron chi connectivity index (χ0n) is 12.0. The van der Waals surface area contributed by atoms with E-state index < -0.39 is 11.5 Å². The van der Waals surface area contributed by atoms with Gasteiger partial charge in [-0.3, -0.25) is 4.79 Å². The molecule has 0 radical (unpaired) electrons. The van der Waals surface area contributed by atoms with E-state index in [-0.39, 0.29) is 12.5 Å². The quantitative estimate of drug-likeness (QED) is 0.752. The molecule has 0 spiro atoms. The summed E-state index contributed by atoms with van der Waals surface area (Å²) in [7, 11) is 0. The number of amides is 2. The summed E-state index contributed by atoms with van der Waals surface area (Å²) in [6.45, 7) is 2.49. The summed E-state index contributed by atoms with van der Waals surface area (Å²) in [6.07, 6.45) is 2.31. The Kier molecular flexibility index (Phi) is 4.67. The van der Waals surface area contributed by atoms with Gasteiger partial charge in [0.05, 0.1) is 18.6 Å². The largest absolute Gasteiger partial charge is 0.494 e. The van der Waals surface area contributed by atoms with Crippen LogP contribution in [0.25, 0.3) is 0 Å². The molecule has 21 heavy (non-hydrogen) atoms. The van der Waals surface area contributed by atoms with Gasteiger partial charge in [-0.1, -0.05) is 0 Å². The van der Waals surface area contributed by atoms with Gasteiger partial charge in [-0.05, 0) is 50.5 Å². The lowest BCUT2D eigenvalue weighted by atomic mass is 9.74. The Hall–Kier alpha value is -2.24. The van der Waals surface area contributed by atoms with Crippen LogP contribution in [0, 0.1) is 0 Å². The average Bonchev–Trinajstić information content (AvgIpc) is 2.38. The zero-order valence-corrected chi connectivity index (χ0v) is 12.0. The number of nitrogens with one attached hydrogen (secondary N) is 2. The second-order valence-corrected chi connectivity index (χ2v) is 5.24. The molecular formula is C15H20N2O4. The molecule has 0 aliphatic heterocycles. The first-order chi connectivity index (χ1) is 10.0. The van der Waals surface area contributed by atoms with Gasteiger partial charge in [0.2, 0.25) is 0 Å². The van der Waals surface area contributed by atoms with Crippen molar-refractivity contribution in [1.29, 1.82) is 0 Å². The van der Waals surface area contributed by atoms with Crippen LogP contribution in [0.1, 0.15) is 32.6 Å². The Morgan fingerprint density at radius 3 is 2.43 bits per heavy atom. The molecule has 1 fully saturated rings. The summed E-state index contributed by atoms with van der Waals surface area (Å²) in [5.41, 5.74) is 0.0435. The molecule has 1 aromatic carbocycles. The number of hydrogen-bond acceptors (Lipinski definition) is 3. The highest BCUT2D eigenvalue weighted by Crippen LogP contribution is 2.35. The number of benzene rings is 1.